The molecule has 34 heavy (non-hydrogen) atoms. The standard InChI is InChI=1S/C25H25N7O2/c1-17-16-34-13-12-30(17)23-14-20(21-15-27-32(25(21)28-23)22-9-10-26-29-22)18-5-7-19(8-6-18)31-11-3-2-4-24(31)33/h2-3,5-10,14-15,17H,4,11-13,16H2,1H3,(H,26,29)/t17-/m1/s1. The lowest BCUT2D eigenvalue weighted by atomic mass is 10.0. The zero-order valence-corrected chi connectivity index (χ0v) is 18.9. The Kier molecular flexibility index (Phi) is 5.10. The van der Waals surface area contributed by atoms with Crippen molar-refractivity contribution in [3.8, 4) is 16.9 Å². The number of H-pyrrole nitrogens is 1. The number of aromatic nitrogens is 5. The van der Waals surface area contributed by atoms with Gasteiger partial charge in [-0.1, -0.05) is 24.3 Å². The van der Waals surface area contributed by atoms with E-state index in [1.54, 1.807) is 10.9 Å². The monoisotopic (exact) mass is 455 g/mol. The highest BCUT2D eigenvalue weighted by Crippen LogP contribution is 2.34. The molecule has 1 aromatic carbocycles. The lowest BCUT2D eigenvalue weighted by Crippen LogP contribution is -2.44. The highest BCUT2D eigenvalue weighted by Gasteiger charge is 2.24. The van der Waals surface area contributed by atoms with E-state index >= 15 is 0 Å². The molecule has 6 rings (SSSR count). The van der Waals surface area contributed by atoms with E-state index in [0.29, 0.717) is 32.0 Å². The van der Waals surface area contributed by atoms with E-state index in [4.69, 9.17) is 9.72 Å². The second-order valence-electron chi connectivity index (χ2n) is 8.60. The van der Waals surface area contributed by atoms with Crippen LogP contribution in [0.4, 0.5) is 11.5 Å². The molecule has 2 aliphatic rings. The molecule has 0 saturated carbocycles. The van der Waals surface area contributed by atoms with Gasteiger partial charge in [0, 0.05) is 42.8 Å². The van der Waals surface area contributed by atoms with E-state index in [1.165, 1.54) is 0 Å². The minimum atomic E-state index is 0.116. The normalized spacial score (nSPS) is 18.7. The van der Waals surface area contributed by atoms with Gasteiger partial charge in [-0.15, -0.1) is 0 Å². The zero-order valence-electron chi connectivity index (χ0n) is 18.9. The van der Waals surface area contributed by atoms with Crippen LogP contribution < -0.4 is 9.80 Å². The SMILES string of the molecule is C[C@@H]1COCCN1c1cc(-c2ccc(N3CC=CCC3=O)cc2)c2cnn(-c3cc[nH]n3)c2n1. The van der Waals surface area contributed by atoms with E-state index in [-0.39, 0.29) is 11.9 Å². The fourth-order valence-electron chi connectivity index (χ4n) is 4.63. The zero-order chi connectivity index (χ0) is 23.1. The van der Waals surface area contributed by atoms with Crippen molar-refractivity contribution in [1.82, 2.24) is 25.0 Å². The van der Waals surface area contributed by atoms with Crippen LogP contribution in [0, 0.1) is 0 Å². The summed E-state index contributed by atoms with van der Waals surface area (Å²) in [5, 5.41) is 12.7. The number of ether oxygens (including phenoxy) is 1. The Morgan fingerprint density at radius 1 is 1.12 bits per heavy atom. The van der Waals surface area contributed by atoms with Crippen LogP contribution in [0.5, 0.6) is 0 Å². The fourth-order valence-corrected chi connectivity index (χ4v) is 4.63. The van der Waals surface area contributed by atoms with E-state index in [1.807, 2.05) is 41.4 Å². The van der Waals surface area contributed by atoms with Gasteiger partial charge in [0.25, 0.3) is 0 Å². The maximum atomic E-state index is 12.3. The number of rotatable bonds is 4. The van der Waals surface area contributed by atoms with Crippen LogP contribution in [0.25, 0.3) is 28.0 Å². The highest BCUT2D eigenvalue weighted by molar-refractivity contribution is 5.97. The molecule has 172 valence electrons. The maximum absolute atomic E-state index is 12.3. The van der Waals surface area contributed by atoms with Gasteiger partial charge >= 0.3 is 0 Å². The van der Waals surface area contributed by atoms with Crippen molar-refractivity contribution in [2.75, 3.05) is 36.1 Å². The molecular formula is C25H25N7O2. The number of morpholine rings is 1. The smallest absolute Gasteiger partial charge is 0.231 e. The first-order chi connectivity index (χ1) is 16.7. The number of carbonyl (C=O) groups excluding carboxylic acids is 1. The molecule has 0 radical (unpaired) electrons. The van der Waals surface area contributed by atoms with Gasteiger partial charge in [-0.3, -0.25) is 9.89 Å². The minimum absolute atomic E-state index is 0.116. The van der Waals surface area contributed by atoms with Gasteiger partial charge in [0.05, 0.1) is 25.5 Å². The maximum Gasteiger partial charge on any atom is 0.231 e. The third-order valence-electron chi connectivity index (χ3n) is 6.43. The topological polar surface area (TPSA) is 92.2 Å². The summed E-state index contributed by atoms with van der Waals surface area (Å²) < 4.78 is 7.41. The van der Waals surface area contributed by atoms with Crippen LogP contribution in [-0.2, 0) is 9.53 Å². The molecule has 0 spiro atoms. The third-order valence-corrected chi connectivity index (χ3v) is 6.43. The second kappa shape index (κ2) is 8.42. The molecule has 4 aromatic rings. The van der Waals surface area contributed by atoms with Crippen molar-refractivity contribution in [3.05, 3.63) is 60.9 Å². The first kappa shape index (κ1) is 20.6. The molecule has 2 aliphatic heterocycles. The molecule has 9 heteroatoms. The van der Waals surface area contributed by atoms with Crippen LogP contribution in [0.2, 0.25) is 0 Å². The van der Waals surface area contributed by atoms with Crippen LogP contribution in [0.3, 0.4) is 0 Å². The van der Waals surface area contributed by atoms with Crippen LogP contribution >= 0.6 is 0 Å². The van der Waals surface area contributed by atoms with Crippen molar-refractivity contribution < 1.29 is 9.53 Å². The van der Waals surface area contributed by atoms with Gasteiger partial charge in [-0.2, -0.15) is 14.9 Å². The Bertz CT molecular complexity index is 1360. The van der Waals surface area contributed by atoms with Crippen LogP contribution in [0.1, 0.15) is 13.3 Å². The molecule has 3 aromatic heterocycles. The van der Waals surface area contributed by atoms with Gasteiger partial charge < -0.3 is 14.5 Å². The number of aromatic amines is 1. The summed E-state index contributed by atoms with van der Waals surface area (Å²) in [7, 11) is 0. The van der Waals surface area contributed by atoms with E-state index in [0.717, 1.165) is 40.2 Å². The van der Waals surface area contributed by atoms with Gasteiger partial charge in [0.15, 0.2) is 11.5 Å². The van der Waals surface area contributed by atoms with E-state index in [9.17, 15) is 4.79 Å². The Morgan fingerprint density at radius 2 is 2.00 bits per heavy atom. The first-order valence-electron chi connectivity index (χ1n) is 11.5. The van der Waals surface area contributed by atoms with Gasteiger partial charge in [-0.05, 0) is 36.2 Å². The number of anilines is 2. The Labute approximate surface area is 196 Å². The summed E-state index contributed by atoms with van der Waals surface area (Å²) in [5.74, 6) is 1.69. The van der Waals surface area contributed by atoms with Crippen molar-refractivity contribution in [3.63, 3.8) is 0 Å². The molecule has 0 bridgehead atoms. The third kappa shape index (κ3) is 3.54. The van der Waals surface area contributed by atoms with Crippen LogP contribution in [-0.4, -0.2) is 63.2 Å². The lowest BCUT2D eigenvalue weighted by molar-refractivity contribution is -0.117. The quantitative estimate of drug-likeness (QED) is 0.475. The number of benzene rings is 1. The molecule has 1 saturated heterocycles. The molecule has 0 aliphatic carbocycles. The fraction of sp³-hybridized carbons (Fsp3) is 0.280. The number of pyridine rings is 1. The number of hydrogen-bond donors (Lipinski definition) is 1. The second-order valence-corrected chi connectivity index (χ2v) is 8.60. The number of amides is 1. The molecule has 0 unspecified atom stereocenters. The Morgan fingerprint density at radius 3 is 2.76 bits per heavy atom. The molecule has 1 atom stereocenters. The minimum Gasteiger partial charge on any atom is -0.377 e. The molecule has 1 amide bonds. The molecule has 1 fully saturated rings. The lowest BCUT2D eigenvalue weighted by Gasteiger charge is -2.34. The molecule has 9 nitrogen and oxygen atoms in total. The molecule has 1 N–H and O–H groups in total. The van der Waals surface area contributed by atoms with Gasteiger partial charge in [-0.25, -0.2) is 4.98 Å². The summed E-state index contributed by atoms with van der Waals surface area (Å²) in [6, 6.07) is 12.4. The number of fused-ring (bicyclic) bond motifs is 1. The van der Waals surface area contributed by atoms with Crippen molar-refractivity contribution >= 4 is 28.4 Å². The predicted octanol–water partition coefficient (Wildman–Crippen LogP) is 3.33. The first-order valence-corrected chi connectivity index (χ1v) is 11.5. The number of nitrogens with zero attached hydrogens (tertiary/aromatic N) is 6. The summed E-state index contributed by atoms with van der Waals surface area (Å²) in [5.41, 5.74) is 3.73. The van der Waals surface area contributed by atoms with Crippen LogP contribution in [0.15, 0.2) is 60.9 Å². The summed E-state index contributed by atoms with van der Waals surface area (Å²) in [6.45, 7) is 4.87. The molecule has 5 heterocycles. The van der Waals surface area contributed by atoms with Crippen molar-refractivity contribution in [2.24, 2.45) is 0 Å². The van der Waals surface area contributed by atoms with E-state index in [2.05, 4.69) is 45.3 Å². The Balaban J connectivity index is 1.47. The van der Waals surface area contributed by atoms with Gasteiger partial charge in [0.2, 0.25) is 5.91 Å². The van der Waals surface area contributed by atoms with Gasteiger partial charge in [0.1, 0.15) is 5.82 Å². The largest absolute Gasteiger partial charge is 0.377 e. The predicted molar refractivity (Wildman–Crippen MR) is 130 cm³/mol. The summed E-state index contributed by atoms with van der Waals surface area (Å²) in [6.07, 6.45) is 8.01. The summed E-state index contributed by atoms with van der Waals surface area (Å²) >= 11 is 0. The highest BCUT2D eigenvalue weighted by atomic mass is 16.5. The molecular weight excluding hydrogens is 430 g/mol. The average molecular weight is 456 g/mol. The number of hydrogen-bond acceptors (Lipinski definition) is 6. The van der Waals surface area contributed by atoms with Crippen molar-refractivity contribution in [2.45, 2.75) is 19.4 Å². The average Bonchev–Trinajstić information content (AvgIpc) is 3.54. The Hall–Kier alpha value is -3.98. The summed E-state index contributed by atoms with van der Waals surface area (Å²) in [4.78, 5) is 21.4. The number of nitrogens with one attached hydrogen (secondary N) is 1. The van der Waals surface area contributed by atoms with E-state index < -0.39 is 0 Å². The number of carbonyl (C=O) groups is 1. The van der Waals surface area contributed by atoms with Crippen molar-refractivity contribution in [1.29, 1.82) is 0 Å².